The van der Waals surface area contributed by atoms with Crippen LogP contribution in [0.3, 0.4) is 0 Å². The molecule has 3 rings (SSSR count). The molecular weight excluding hydrogens is 470 g/mol. The van der Waals surface area contributed by atoms with Crippen LogP contribution in [0.1, 0.15) is 23.6 Å². The zero-order chi connectivity index (χ0) is 24.6. The molecule has 0 saturated carbocycles. The molecule has 2 aromatic heterocycles. The number of hydrogen-bond donors (Lipinski definition) is 2. The van der Waals surface area contributed by atoms with Crippen molar-refractivity contribution in [2.24, 2.45) is 10.7 Å². The van der Waals surface area contributed by atoms with Gasteiger partial charge in [-0.1, -0.05) is 24.3 Å². The summed E-state index contributed by atoms with van der Waals surface area (Å²) in [6.45, 7) is 1.96. The normalized spacial score (nSPS) is 13.4. The van der Waals surface area contributed by atoms with Gasteiger partial charge in [0.15, 0.2) is 5.43 Å². The molecule has 1 aromatic carbocycles. The highest BCUT2D eigenvalue weighted by atomic mass is 32.2. The molecule has 0 fully saturated rings. The van der Waals surface area contributed by atoms with Gasteiger partial charge in [-0.15, -0.1) is 0 Å². The number of nitrogens with one attached hydrogen (secondary N) is 1. The molecule has 3 N–H and O–H groups in total. The van der Waals surface area contributed by atoms with E-state index in [0.29, 0.717) is 33.2 Å². The second-order valence-electron chi connectivity index (χ2n) is 7.32. The van der Waals surface area contributed by atoms with E-state index >= 15 is 0 Å². The second-order valence-corrected chi connectivity index (χ2v) is 9.78. The Morgan fingerprint density at radius 3 is 2.76 bits per heavy atom. The Hall–Kier alpha value is -3.47. The molecule has 0 unspecified atom stereocenters. The summed E-state index contributed by atoms with van der Waals surface area (Å²) >= 11 is 1.27. The molecule has 0 aliphatic heterocycles. The van der Waals surface area contributed by atoms with Crippen LogP contribution in [0.15, 0.2) is 75.8 Å². The van der Waals surface area contributed by atoms with Crippen LogP contribution in [-0.2, 0) is 16.6 Å². The smallest absolute Gasteiger partial charge is 0.216 e. The van der Waals surface area contributed by atoms with Crippen molar-refractivity contribution in [3.05, 3.63) is 92.9 Å². The summed E-state index contributed by atoms with van der Waals surface area (Å²) in [7, 11) is -1.90. The summed E-state index contributed by atoms with van der Waals surface area (Å²) in [4.78, 5) is 21.2. The molecule has 0 spiro atoms. The molecule has 0 aliphatic rings. The summed E-state index contributed by atoms with van der Waals surface area (Å²) in [5.74, 6) is -0.180. The Morgan fingerprint density at radius 2 is 2.09 bits per heavy atom. The van der Waals surface area contributed by atoms with Crippen molar-refractivity contribution in [1.29, 1.82) is 0 Å². The predicted octanol–water partition coefficient (Wildman–Crippen LogP) is 3.13. The summed E-state index contributed by atoms with van der Waals surface area (Å²) in [6, 6.07) is 6.75. The number of rotatable bonds is 9. The molecule has 0 bridgehead atoms. The quantitative estimate of drug-likeness (QED) is 0.347. The molecule has 0 radical (unpaired) electrons. The first-order valence-corrected chi connectivity index (χ1v) is 12.8. The summed E-state index contributed by atoms with van der Waals surface area (Å²) in [5.41, 5.74) is 9.38. The van der Waals surface area contributed by atoms with Gasteiger partial charge < -0.3 is 5.73 Å². The van der Waals surface area contributed by atoms with Gasteiger partial charge in [-0.3, -0.25) is 14.8 Å². The number of allylic oxidation sites excluding steroid dienone is 3. The monoisotopic (exact) mass is 495 g/mol. The zero-order valence-corrected chi connectivity index (χ0v) is 20.4. The lowest BCUT2D eigenvalue weighted by atomic mass is 10.1. The molecular formula is C24H25N5O3S2. The molecule has 176 valence electrons. The first-order chi connectivity index (χ1) is 16.3. The Labute approximate surface area is 202 Å². The molecule has 0 atom stereocenters. The standard InChI is InChI=1S/C24H25N5O3S2/c1-3-17(16-34(31,32)29-12-19-11-28-33-15-19)4-5-18-6-7-23-22(24(30)8-18)9-20(14-27-23)21(10-25)13-26-2/h3-11,13-15,29H,12,16,25H2,1-2H3/b5-4-,17-3+,21-10?,26-13?. The van der Waals surface area contributed by atoms with Crippen molar-refractivity contribution in [1.82, 2.24) is 14.1 Å². The van der Waals surface area contributed by atoms with Crippen LogP contribution in [0, 0.1) is 0 Å². The molecule has 0 saturated heterocycles. The molecule has 0 amide bonds. The first-order valence-electron chi connectivity index (χ1n) is 10.3. The van der Waals surface area contributed by atoms with E-state index in [-0.39, 0.29) is 17.7 Å². The Bertz CT molecular complexity index is 1440. The van der Waals surface area contributed by atoms with Crippen LogP contribution in [0.4, 0.5) is 0 Å². The molecule has 2 heterocycles. The summed E-state index contributed by atoms with van der Waals surface area (Å²) in [5, 5.41) is 2.24. The van der Waals surface area contributed by atoms with Gasteiger partial charge in [-0.05, 0) is 53.4 Å². The zero-order valence-electron chi connectivity index (χ0n) is 18.8. The number of nitrogens with two attached hydrogens (primary N) is 1. The van der Waals surface area contributed by atoms with E-state index in [1.165, 1.54) is 23.8 Å². The van der Waals surface area contributed by atoms with Crippen molar-refractivity contribution in [3.8, 4) is 0 Å². The van der Waals surface area contributed by atoms with Crippen LogP contribution in [0.5, 0.6) is 0 Å². The largest absolute Gasteiger partial charge is 0.404 e. The SMILES string of the molecule is C/C=C(\C=C/c1ccc2ncc(C(C=NC)=CN)cc2c(=O)c1)CS(=O)(=O)NCc1cnsc1. The topological polar surface area (TPSA) is 127 Å². The number of hydrogen-bond acceptors (Lipinski definition) is 8. The van der Waals surface area contributed by atoms with Crippen LogP contribution in [-0.4, -0.2) is 36.8 Å². The number of sulfonamides is 1. The van der Waals surface area contributed by atoms with Gasteiger partial charge in [0.05, 0.1) is 11.3 Å². The lowest BCUT2D eigenvalue weighted by Crippen LogP contribution is -2.26. The van der Waals surface area contributed by atoms with Crippen molar-refractivity contribution >= 4 is 50.3 Å². The van der Waals surface area contributed by atoms with E-state index in [0.717, 1.165) is 5.56 Å². The summed E-state index contributed by atoms with van der Waals surface area (Å²) < 4.78 is 31.4. The maximum atomic E-state index is 12.9. The average Bonchev–Trinajstić information content (AvgIpc) is 3.30. The minimum atomic E-state index is -3.54. The van der Waals surface area contributed by atoms with E-state index in [9.17, 15) is 13.2 Å². The van der Waals surface area contributed by atoms with Gasteiger partial charge in [-0.25, -0.2) is 17.5 Å². The Kier molecular flexibility index (Phi) is 8.58. The lowest BCUT2D eigenvalue weighted by molar-refractivity contribution is 0.584. The maximum absolute atomic E-state index is 12.9. The number of fused-ring (bicyclic) bond motifs is 1. The fraction of sp³-hybridized carbons (Fsp3) is 0.167. The first kappa shape index (κ1) is 25.2. The fourth-order valence-electron chi connectivity index (χ4n) is 3.08. The van der Waals surface area contributed by atoms with Crippen LogP contribution < -0.4 is 15.9 Å². The number of pyridine rings is 1. The highest BCUT2D eigenvalue weighted by Gasteiger charge is 2.12. The van der Waals surface area contributed by atoms with Gasteiger partial charge in [0.1, 0.15) is 0 Å². The van der Waals surface area contributed by atoms with Crippen molar-refractivity contribution in [2.45, 2.75) is 13.5 Å². The number of aromatic nitrogens is 2. The molecule has 34 heavy (non-hydrogen) atoms. The van der Waals surface area contributed by atoms with Crippen molar-refractivity contribution in [2.75, 3.05) is 12.8 Å². The van der Waals surface area contributed by atoms with Crippen LogP contribution in [0.2, 0.25) is 0 Å². The van der Waals surface area contributed by atoms with E-state index in [1.807, 2.05) is 0 Å². The average molecular weight is 496 g/mol. The second kappa shape index (κ2) is 11.6. The molecule has 10 heteroatoms. The fourth-order valence-corrected chi connectivity index (χ4v) is 4.81. The summed E-state index contributed by atoms with van der Waals surface area (Å²) in [6.07, 6.45) is 11.4. The number of aliphatic imine (C=N–C) groups is 1. The third kappa shape index (κ3) is 6.77. The van der Waals surface area contributed by atoms with E-state index in [2.05, 4.69) is 19.1 Å². The highest BCUT2D eigenvalue weighted by Crippen LogP contribution is 2.16. The van der Waals surface area contributed by atoms with Gasteiger partial charge in [0.2, 0.25) is 10.0 Å². The predicted molar refractivity (Wildman–Crippen MR) is 140 cm³/mol. The van der Waals surface area contributed by atoms with Crippen LogP contribution >= 0.6 is 11.5 Å². The van der Waals surface area contributed by atoms with Gasteiger partial charge in [0.25, 0.3) is 0 Å². The van der Waals surface area contributed by atoms with Crippen molar-refractivity contribution in [3.63, 3.8) is 0 Å². The Morgan fingerprint density at radius 1 is 1.26 bits per heavy atom. The third-order valence-electron chi connectivity index (χ3n) is 4.89. The molecule has 3 aromatic rings. The lowest BCUT2D eigenvalue weighted by Gasteiger charge is -2.06. The van der Waals surface area contributed by atoms with Gasteiger partial charge in [0, 0.05) is 60.3 Å². The number of nitrogens with zero attached hydrogens (tertiary/aromatic N) is 3. The molecule has 0 aliphatic carbocycles. The van der Waals surface area contributed by atoms with Crippen molar-refractivity contribution < 1.29 is 8.42 Å². The van der Waals surface area contributed by atoms with Gasteiger partial charge >= 0.3 is 0 Å². The van der Waals surface area contributed by atoms with Gasteiger partial charge in [-0.2, -0.15) is 0 Å². The Balaban J connectivity index is 1.82. The minimum absolute atomic E-state index is 0.180. The molecule has 8 nitrogen and oxygen atoms in total. The van der Waals surface area contributed by atoms with Crippen LogP contribution in [0.25, 0.3) is 22.6 Å². The third-order valence-corrected chi connectivity index (χ3v) is 6.83. The van der Waals surface area contributed by atoms with E-state index in [1.54, 1.807) is 74.4 Å². The highest BCUT2D eigenvalue weighted by molar-refractivity contribution is 7.89. The van der Waals surface area contributed by atoms with E-state index < -0.39 is 10.0 Å². The van der Waals surface area contributed by atoms with E-state index in [4.69, 9.17) is 5.73 Å². The minimum Gasteiger partial charge on any atom is -0.404 e. The maximum Gasteiger partial charge on any atom is 0.216 e.